The van der Waals surface area contributed by atoms with E-state index in [2.05, 4.69) is 37.7 Å². The molecular formula is C14H28N4. The zero-order valence-corrected chi connectivity index (χ0v) is 12.5. The van der Waals surface area contributed by atoms with Crippen molar-refractivity contribution in [3.05, 3.63) is 5.69 Å². The first-order valence-electron chi connectivity index (χ1n) is 7.12. The van der Waals surface area contributed by atoms with Crippen molar-refractivity contribution < 1.29 is 0 Å². The second-order valence-corrected chi connectivity index (χ2v) is 5.13. The SMILES string of the molecule is CCCCCN(c1c(N)c(C)nn1CC)C(C)C. The highest BCUT2D eigenvalue weighted by molar-refractivity contribution is 5.66. The summed E-state index contributed by atoms with van der Waals surface area (Å²) in [6, 6.07) is 0.450. The monoisotopic (exact) mass is 252 g/mol. The topological polar surface area (TPSA) is 47.1 Å². The Morgan fingerprint density at radius 1 is 1.28 bits per heavy atom. The number of rotatable bonds is 7. The second kappa shape index (κ2) is 6.66. The van der Waals surface area contributed by atoms with Gasteiger partial charge in [-0.25, -0.2) is 4.68 Å². The highest BCUT2D eigenvalue weighted by Gasteiger charge is 2.20. The van der Waals surface area contributed by atoms with Crippen LogP contribution < -0.4 is 10.6 Å². The first-order chi connectivity index (χ1) is 8.52. The van der Waals surface area contributed by atoms with Gasteiger partial charge in [-0.15, -0.1) is 0 Å². The van der Waals surface area contributed by atoms with Crippen LogP contribution in [0.4, 0.5) is 11.5 Å². The minimum absolute atomic E-state index is 0.450. The summed E-state index contributed by atoms with van der Waals surface area (Å²) >= 11 is 0. The third-order valence-corrected chi connectivity index (χ3v) is 3.34. The van der Waals surface area contributed by atoms with Crippen LogP contribution in [0.25, 0.3) is 0 Å². The molecule has 104 valence electrons. The fourth-order valence-corrected chi connectivity index (χ4v) is 2.25. The van der Waals surface area contributed by atoms with Gasteiger partial charge in [-0.2, -0.15) is 5.10 Å². The van der Waals surface area contributed by atoms with Crippen LogP contribution in [0.3, 0.4) is 0 Å². The van der Waals surface area contributed by atoms with Gasteiger partial charge < -0.3 is 10.6 Å². The summed E-state index contributed by atoms with van der Waals surface area (Å²) < 4.78 is 2.02. The van der Waals surface area contributed by atoms with Gasteiger partial charge in [0.25, 0.3) is 0 Å². The van der Waals surface area contributed by atoms with Crippen LogP contribution in [0.2, 0.25) is 0 Å². The zero-order chi connectivity index (χ0) is 13.7. The van der Waals surface area contributed by atoms with E-state index in [0.717, 1.165) is 30.3 Å². The van der Waals surface area contributed by atoms with Crippen molar-refractivity contribution in [3.8, 4) is 0 Å². The van der Waals surface area contributed by atoms with E-state index in [4.69, 9.17) is 5.73 Å². The van der Waals surface area contributed by atoms with Crippen molar-refractivity contribution in [1.29, 1.82) is 0 Å². The quantitative estimate of drug-likeness (QED) is 0.758. The number of anilines is 2. The summed E-state index contributed by atoms with van der Waals surface area (Å²) in [6.45, 7) is 12.7. The van der Waals surface area contributed by atoms with Crippen molar-refractivity contribution in [3.63, 3.8) is 0 Å². The second-order valence-electron chi connectivity index (χ2n) is 5.13. The van der Waals surface area contributed by atoms with Gasteiger partial charge in [0.2, 0.25) is 0 Å². The molecule has 0 aliphatic heterocycles. The molecule has 1 aromatic heterocycles. The van der Waals surface area contributed by atoms with E-state index in [0.29, 0.717) is 6.04 Å². The molecule has 0 aromatic carbocycles. The van der Waals surface area contributed by atoms with Gasteiger partial charge in [-0.05, 0) is 34.1 Å². The Bertz CT molecular complexity index is 368. The van der Waals surface area contributed by atoms with E-state index >= 15 is 0 Å². The molecular weight excluding hydrogens is 224 g/mol. The summed E-state index contributed by atoms with van der Waals surface area (Å²) in [5, 5.41) is 4.51. The molecule has 0 amide bonds. The van der Waals surface area contributed by atoms with Crippen LogP contribution in [0.5, 0.6) is 0 Å². The number of nitrogens with zero attached hydrogens (tertiary/aromatic N) is 3. The van der Waals surface area contributed by atoms with Crippen molar-refractivity contribution in [2.75, 3.05) is 17.2 Å². The van der Waals surface area contributed by atoms with E-state index < -0.39 is 0 Å². The Balaban J connectivity index is 2.97. The van der Waals surface area contributed by atoms with Crippen molar-refractivity contribution in [2.24, 2.45) is 0 Å². The summed E-state index contributed by atoms with van der Waals surface area (Å²) in [5.74, 6) is 1.10. The molecule has 1 heterocycles. The highest BCUT2D eigenvalue weighted by Crippen LogP contribution is 2.28. The lowest BCUT2D eigenvalue weighted by atomic mass is 10.2. The van der Waals surface area contributed by atoms with Gasteiger partial charge in [0.1, 0.15) is 0 Å². The number of hydrogen-bond donors (Lipinski definition) is 1. The van der Waals surface area contributed by atoms with Crippen LogP contribution >= 0.6 is 0 Å². The van der Waals surface area contributed by atoms with E-state index in [1.807, 2.05) is 11.6 Å². The number of aryl methyl sites for hydroxylation is 2. The number of hydrogen-bond acceptors (Lipinski definition) is 3. The molecule has 2 N–H and O–H groups in total. The molecule has 18 heavy (non-hydrogen) atoms. The molecule has 0 fully saturated rings. The molecule has 0 atom stereocenters. The Morgan fingerprint density at radius 2 is 1.94 bits per heavy atom. The molecule has 0 spiro atoms. The lowest BCUT2D eigenvalue weighted by Gasteiger charge is -2.29. The van der Waals surface area contributed by atoms with E-state index in [-0.39, 0.29) is 0 Å². The van der Waals surface area contributed by atoms with Crippen LogP contribution in [-0.4, -0.2) is 22.4 Å². The lowest BCUT2D eigenvalue weighted by Crippen LogP contribution is -2.34. The van der Waals surface area contributed by atoms with Crippen molar-refractivity contribution >= 4 is 11.5 Å². The summed E-state index contributed by atoms with van der Waals surface area (Å²) in [6.07, 6.45) is 3.72. The van der Waals surface area contributed by atoms with Crippen molar-refractivity contribution in [1.82, 2.24) is 9.78 Å². The zero-order valence-electron chi connectivity index (χ0n) is 12.5. The molecule has 1 rings (SSSR count). The molecule has 0 saturated heterocycles. The smallest absolute Gasteiger partial charge is 0.150 e. The lowest BCUT2D eigenvalue weighted by molar-refractivity contribution is 0.578. The Hall–Kier alpha value is -1.19. The maximum Gasteiger partial charge on any atom is 0.150 e. The van der Waals surface area contributed by atoms with E-state index in [1.54, 1.807) is 0 Å². The normalized spacial score (nSPS) is 11.2. The standard InChI is InChI=1S/C14H28N4/c1-6-8-9-10-17(11(3)4)14-13(15)12(5)16-18(14)7-2/h11H,6-10,15H2,1-5H3. The third kappa shape index (κ3) is 3.18. The van der Waals surface area contributed by atoms with Crippen molar-refractivity contribution in [2.45, 2.75) is 66.5 Å². The molecule has 0 unspecified atom stereocenters. The Morgan fingerprint density at radius 3 is 2.44 bits per heavy atom. The molecule has 4 nitrogen and oxygen atoms in total. The van der Waals surface area contributed by atoms with Gasteiger partial charge >= 0.3 is 0 Å². The van der Waals surface area contributed by atoms with Crippen LogP contribution in [0.1, 0.15) is 52.7 Å². The summed E-state index contributed by atoms with van der Waals surface area (Å²) in [7, 11) is 0. The number of nitrogens with two attached hydrogens (primary N) is 1. The highest BCUT2D eigenvalue weighted by atomic mass is 15.4. The Kier molecular flexibility index (Phi) is 5.51. The maximum absolute atomic E-state index is 6.20. The van der Waals surface area contributed by atoms with Crippen LogP contribution in [-0.2, 0) is 6.54 Å². The average molecular weight is 252 g/mol. The number of aromatic nitrogens is 2. The predicted octanol–water partition coefficient (Wildman–Crippen LogP) is 3.20. The molecule has 0 aliphatic rings. The first-order valence-corrected chi connectivity index (χ1v) is 7.12. The number of unbranched alkanes of at least 4 members (excludes halogenated alkanes) is 2. The molecule has 0 aliphatic carbocycles. The Labute approximate surface area is 111 Å². The number of nitrogen functional groups attached to an aromatic ring is 1. The fraction of sp³-hybridized carbons (Fsp3) is 0.786. The van der Waals surface area contributed by atoms with Crippen LogP contribution in [0.15, 0.2) is 0 Å². The molecule has 1 aromatic rings. The molecule has 0 saturated carbocycles. The van der Waals surface area contributed by atoms with Gasteiger partial charge in [0.05, 0.1) is 11.4 Å². The first kappa shape index (κ1) is 14.9. The third-order valence-electron chi connectivity index (χ3n) is 3.34. The molecule has 0 bridgehead atoms. The predicted molar refractivity (Wildman–Crippen MR) is 79.1 cm³/mol. The van der Waals surface area contributed by atoms with E-state index in [9.17, 15) is 0 Å². The minimum atomic E-state index is 0.450. The fourth-order valence-electron chi connectivity index (χ4n) is 2.25. The average Bonchev–Trinajstić information content (AvgIpc) is 2.61. The van der Waals surface area contributed by atoms with Gasteiger partial charge in [-0.3, -0.25) is 0 Å². The molecule has 0 radical (unpaired) electrons. The van der Waals surface area contributed by atoms with Crippen LogP contribution in [0, 0.1) is 6.92 Å². The maximum atomic E-state index is 6.20. The largest absolute Gasteiger partial charge is 0.394 e. The van der Waals surface area contributed by atoms with E-state index in [1.165, 1.54) is 19.3 Å². The van der Waals surface area contributed by atoms with Gasteiger partial charge in [0.15, 0.2) is 5.82 Å². The molecule has 4 heteroatoms. The summed E-state index contributed by atoms with van der Waals surface area (Å²) in [4.78, 5) is 2.38. The summed E-state index contributed by atoms with van der Waals surface area (Å²) in [5.41, 5.74) is 7.97. The van der Waals surface area contributed by atoms with Gasteiger partial charge in [0, 0.05) is 19.1 Å². The minimum Gasteiger partial charge on any atom is -0.394 e. The van der Waals surface area contributed by atoms with Gasteiger partial charge in [-0.1, -0.05) is 19.8 Å².